The Bertz CT molecular complexity index is 908. The molecule has 3 heterocycles. The number of carbonyl (C=O) groups is 1. The van der Waals surface area contributed by atoms with Crippen molar-refractivity contribution >= 4 is 29.7 Å². The SMILES string of the molecule is Cc1ccc(NC(=O)c2c(C)oc3c2C2=NCCN2C=N3)cc1C. The number of rotatable bonds is 2. The van der Waals surface area contributed by atoms with Crippen molar-refractivity contribution in [1.82, 2.24) is 4.90 Å². The Kier molecular flexibility index (Phi) is 3.26. The first kappa shape index (κ1) is 14.7. The maximum absolute atomic E-state index is 12.9. The predicted molar refractivity (Wildman–Crippen MR) is 93.6 cm³/mol. The van der Waals surface area contributed by atoms with E-state index in [0.29, 0.717) is 29.3 Å². The Morgan fingerprint density at radius 1 is 1.25 bits per heavy atom. The van der Waals surface area contributed by atoms with Gasteiger partial charge in [-0.05, 0) is 44.0 Å². The number of furan rings is 1. The van der Waals surface area contributed by atoms with Crippen LogP contribution in [0.1, 0.15) is 32.8 Å². The van der Waals surface area contributed by atoms with Gasteiger partial charge in [-0.1, -0.05) is 6.07 Å². The first-order valence-electron chi connectivity index (χ1n) is 7.92. The summed E-state index contributed by atoms with van der Waals surface area (Å²) in [6.45, 7) is 7.32. The quantitative estimate of drug-likeness (QED) is 0.923. The molecular formula is C18H18N4O2. The average Bonchev–Trinajstić information content (AvgIpc) is 3.13. The number of nitrogens with zero attached hydrogens (tertiary/aromatic N) is 3. The van der Waals surface area contributed by atoms with Crippen LogP contribution in [-0.2, 0) is 0 Å². The van der Waals surface area contributed by atoms with Crippen LogP contribution in [0.5, 0.6) is 0 Å². The minimum absolute atomic E-state index is 0.201. The van der Waals surface area contributed by atoms with Gasteiger partial charge in [-0.2, -0.15) is 0 Å². The molecule has 0 bridgehead atoms. The lowest BCUT2D eigenvalue weighted by Crippen LogP contribution is -2.30. The van der Waals surface area contributed by atoms with E-state index in [1.54, 1.807) is 13.3 Å². The third-order valence-electron chi connectivity index (χ3n) is 4.47. The number of aliphatic imine (C=N–C) groups is 2. The molecule has 0 saturated heterocycles. The smallest absolute Gasteiger partial charge is 0.260 e. The Labute approximate surface area is 139 Å². The van der Waals surface area contributed by atoms with Crippen molar-refractivity contribution in [3.63, 3.8) is 0 Å². The van der Waals surface area contributed by atoms with Gasteiger partial charge in [0.05, 0.1) is 17.7 Å². The van der Waals surface area contributed by atoms with Crippen LogP contribution in [0.25, 0.3) is 0 Å². The zero-order valence-electron chi connectivity index (χ0n) is 13.9. The van der Waals surface area contributed by atoms with Crippen molar-refractivity contribution in [2.45, 2.75) is 20.8 Å². The lowest BCUT2D eigenvalue weighted by atomic mass is 10.1. The van der Waals surface area contributed by atoms with Gasteiger partial charge in [0.1, 0.15) is 17.9 Å². The van der Waals surface area contributed by atoms with E-state index in [1.807, 2.05) is 36.9 Å². The van der Waals surface area contributed by atoms with E-state index in [-0.39, 0.29) is 5.91 Å². The van der Waals surface area contributed by atoms with Crippen molar-refractivity contribution in [2.24, 2.45) is 9.98 Å². The molecule has 24 heavy (non-hydrogen) atoms. The van der Waals surface area contributed by atoms with Crippen LogP contribution < -0.4 is 5.32 Å². The summed E-state index contributed by atoms with van der Waals surface area (Å²) < 4.78 is 5.68. The highest BCUT2D eigenvalue weighted by Gasteiger charge is 2.33. The monoisotopic (exact) mass is 322 g/mol. The molecule has 0 aliphatic carbocycles. The van der Waals surface area contributed by atoms with E-state index in [2.05, 4.69) is 15.3 Å². The average molecular weight is 322 g/mol. The third-order valence-corrected chi connectivity index (χ3v) is 4.47. The number of amides is 1. The van der Waals surface area contributed by atoms with E-state index in [0.717, 1.165) is 23.6 Å². The molecule has 0 radical (unpaired) electrons. The first-order valence-corrected chi connectivity index (χ1v) is 7.92. The van der Waals surface area contributed by atoms with Gasteiger partial charge in [0.25, 0.3) is 5.91 Å². The number of nitrogens with one attached hydrogen (secondary N) is 1. The molecule has 0 saturated carbocycles. The maximum atomic E-state index is 12.9. The van der Waals surface area contributed by atoms with Crippen LogP contribution in [0.2, 0.25) is 0 Å². The van der Waals surface area contributed by atoms with Crippen LogP contribution in [0, 0.1) is 20.8 Å². The first-order chi connectivity index (χ1) is 11.5. The van der Waals surface area contributed by atoms with Crippen LogP contribution in [-0.4, -0.2) is 36.1 Å². The number of anilines is 1. The molecule has 122 valence electrons. The normalized spacial score (nSPS) is 15.1. The highest BCUT2D eigenvalue weighted by Crippen LogP contribution is 2.34. The molecule has 2 aromatic rings. The molecule has 1 amide bonds. The second-order valence-corrected chi connectivity index (χ2v) is 6.11. The Morgan fingerprint density at radius 2 is 2.08 bits per heavy atom. The van der Waals surface area contributed by atoms with Gasteiger partial charge in [-0.15, -0.1) is 0 Å². The van der Waals surface area contributed by atoms with E-state index < -0.39 is 0 Å². The number of benzene rings is 1. The molecule has 1 aromatic carbocycles. The third kappa shape index (κ3) is 2.22. The Hall–Kier alpha value is -2.89. The van der Waals surface area contributed by atoms with Gasteiger partial charge in [-0.25, -0.2) is 4.99 Å². The fraction of sp³-hybridized carbons (Fsp3) is 0.278. The second-order valence-electron chi connectivity index (χ2n) is 6.11. The molecule has 1 N–H and O–H groups in total. The number of amidine groups is 1. The van der Waals surface area contributed by atoms with Crippen molar-refractivity contribution in [1.29, 1.82) is 0 Å². The second kappa shape index (κ2) is 5.33. The summed E-state index contributed by atoms with van der Waals surface area (Å²) in [7, 11) is 0. The molecule has 0 atom stereocenters. The summed E-state index contributed by atoms with van der Waals surface area (Å²) in [5.74, 6) is 1.57. The van der Waals surface area contributed by atoms with E-state index in [9.17, 15) is 4.79 Å². The van der Waals surface area contributed by atoms with Gasteiger partial charge in [0.15, 0.2) is 0 Å². The lowest BCUT2D eigenvalue weighted by molar-refractivity contribution is 0.102. The van der Waals surface area contributed by atoms with Gasteiger partial charge in [0.2, 0.25) is 5.88 Å². The van der Waals surface area contributed by atoms with E-state index in [1.165, 1.54) is 5.56 Å². The van der Waals surface area contributed by atoms with E-state index >= 15 is 0 Å². The molecule has 4 rings (SSSR count). The van der Waals surface area contributed by atoms with Gasteiger partial charge in [-0.3, -0.25) is 9.79 Å². The fourth-order valence-corrected chi connectivity index (χ4v) is 3.03. The van der Waals surface area contributed by atoms with E-state index in [4.69, 9.17) is 4.42 Å². The van der Waals surface area contributed by atoms with Crippen molar-refractivity contribution in [2.75, 3.05) is 18.4 Å². The fourth-order valence-electron chi connectivity index (χ4n) is 3.03. The van der Waals surface area contributed by atoms with Gasteiger partial charge >= 0.3 is 0 Å². The molecule has 6 heteroatoms. The zero-order chi connectivity index (χ0) is 16.8. The maximum Gasteiger partial charge on any atom is 0.260 e. The molecular weight excluding hydrogens is 304 g/mol. The minimum atomic E-state index is -0.201. The van der Waals surface area contributed by atoms with Crippen LogP contribution in [0.3, 0.4) is 0 Å². The summed E-state index contributed by atoms with van der Waals surface area (Å²) in [6, 6.07) is 5.86. The molecule has 1 aromatic heterocycles. The number of aryl methyl sites for hydroxylation is 3. The van der Waals surface area contributed by atoms with Crippen molar-refractivity contribution in [3.05, 3.63) is 46.2 Å². The molecule has 0 spiro atoms. The summed E-state index contributed by atoms with van der Waals surface area (Å²) in [4.78, 5) is 23.6. The Morgan fingerprint density at radius 3 is 2.88 bits per heavy atom. The molecule has 6 nitrogen and oxygen atoms in total. The topological polar surface area (TPSA) is 70.2 Å². The lowest BCUT2D eigenvalue weighted by Gasteiger charge is -2.18. The largest absolute Gasteiger partial charge is 0.442 e. The predicted octanol–water partition coefficient (Wildman–Crippen LogP) is 3.19. The molecule has 0 unspecified atom stereocenters. The van der Waals surface area contributed by atoms with Gasteiger partial charge in [0, 0.05) is 12.2 Å². The van der Waals surface area contributed by atoms with Crippen molar-refractivity contribution in [3.8, 4) is 0 Å². The summed E-state index contributed by atoms with van der Waals surface area (Å²) in [6.07, 6.45) is 1.71. The number of carbonyl (C=O) groups excluding carboxylic acids is 1. The molecule has 2 aliphatic heterocycles. The van der Waals surface area contributed by atoms with Crippen LogP contribution in [0.4, 0.5) is 11.6 Å². The highest BCUT2D eigenvalue weighted by molar-refractivity contribution is 6.19. The number of hydrogen-bond acceptors (Lipinski definition) is 5. The van der Waals surface area contributed by atoms with Gasteiger partial charge < -0.3 is 14.6 Å². The molecule has 2 aliphatic rings. The summed E-state index contributed by atoms with van der Waals surface area (Å²) >= 11 is 0. The summed E-state index contributed by atoms with van der Waals surface area (Å²) in [5.41, 5.74) is 4.28. The summed E-state index contributed by atoms with van der Waals surface area (Å²) in [5, 5.41) is 2.96. The standard InChI is InChI=1S/C18H18N4O2/c1-10-4-5-13(8-11(10)2)21-17(23)14-12(3)24-18-15(14)16-19-6-7-22(16)9-20-18/h4-5,8-9H,6-7H2,1-3H3,(H,21,23). The Balaban J connectivity index is 1.72. The zero-order valence-corrected chi connectivity index (χ0v) is 13.9. The number of fused-ring (bicyclic) bond motifs is 3. The van der Waals surface area contributed by atoms with Crippen molar-refractivity contribution < 1.29 is 9.21 Å². The molecule has 0 fully saturated rings. The highest BCUT2D eigenvalue weighted by atomic mass is 16.4. The van der Waals surface area contributed by atoms with Crippen LogP contribution in [0.15, 0.2) is 32.6 Å². The minimum Gasteiger partial charge on any atom is -0.442 e. The van der Waals surface area contributed by atoms with Crippen LogP contribution >= 0.6 is 0 Å². The number of hydrogen-bond donors (Lipinski definition) is 1.